The number of para-hydroxylation sites is 2. The number of hydrogen-bond donors (Lipinski definition) is 0. The molecule has 1 amide bonds. The molecule has 7 nitrogen and oxygen atoms in total. The zero-order valence-electron chi connectivity index (χ0n) is 16.6. The lowest BCUT2D eigenvalue weighted by Gasteiger charge is -2.24. The second-order valence-corrected chi connectivity index (χ2v) is 7.23. The Bertz CT molecular complexity index is 875. The number of rotatable bonds is 6. The minimum absolute atomic E-state index is 0.0604. The third-order valence-corrected chi connectivity index (χ3v) is 5.35. The molecule has 7 heteroatoms. The van der Waals surface area contributed by atoms with Crippen LogP contribution >= 0.6 is 0 Å². The molecule has 0 unspecified atom stereocenters. The summed E-state index contributed by atoms with van der Waals surface area (Å²) in [5, 5.41) is 0. The topological polar surface area (TPSA) is 73.5 Å². The summed E-state index contributed by atoms with van der Waals surface area (Å²) in [7, 11) is 0. The van der Waals surface area contributed by atoms with Crippen LogP contribution in [0.25, 0.3) is 11.0 Å². The summed E-state index contributed by atoms with van der Waals surface area (Å²) >= 11 is 0. The van der Waals surface area contributed by atoms with Crippen LogP contribution in [0.15, 0.2) is 29.1 Å². The van der Waals surface area contributed by atoms with E-state index in [-0.39, 0.29) is 31.2 Å². The van der Waals surface area contributed by atoms with Crippen molar-refractivity contribution in [2.75, 3.05) is 19.7 Å². The average Bonchev–Trinajstić information content (AvgIpc) is 2.95. The summed E-state index contributed by atoms with van der Waals surface area (Å²) in [5.74, 6) is -0.587. The van der Waals surface area contributed by atoms with Crippen molar-refractivity contribution in [3.63, 3.8) is 0 Å². The van der Waals surface area contributed by atoms with E-state index in [9.17, 15) is 14.4 Å². The van der Waals surface area contributed by atoms with Crippen LogP contribution in [0.4, 0.5) is 0 Å². The minimum Gasteiger partial charge on any atom is -0.456 e. The summed E-state index contributed by atoms with van der Waals surface area (Å²) in [5.41, 5.74) is 1.53. The van der Waals surface area contributed by atoms with Crippen LogP contribution in [-0.2, 0) is 27.4 Å². The summed E-state index contributed by atoms with van der Waals surface area (Å²) in [6.07, 6.45) is 5.58. The number of hydrogen-bond acceptors (Lipinski definition) is 4. The van der Waals surface area contributed by atoms with E-state index in [0.29, 0.717) is 6.54 Å². The van der Waals surface area contributed by atoms with Gasteiger partial charge >= 0.3 is 11.7 Å². The van der Waals surface area contributed by atoms with Gasteiger partial charge in [0.25, 0.3) is 5.91 Å². The fourth-order valence-electron chi connectivity index (χ4n) is 3.80. The Morgan fingerprint density at radius 3 is 2.21 bits per heavy atom. The molecule has 0 bridgehead atoms. The van der Waals surface area contributed by atoms with E-state index >= 15 is 0 Å². The third-order valence-electron chi connectivity index (χ3n) is 5.35. The largest absolute Gasteiger partial charge is 0.456 e. The van der Waals surface area contributed by atoms with Crippen molar-refractivity contribution in [1.82, 2.24) is 14.0 Å². The molecule has 1 saturated heterocycles. The first kappa shape index (κ1) is 20.2. The van der Waals surface area contributed by atoms with Crippen molar-refractivity contribution in [3.05, 3.63) is 34.7 Å². The molecule has 3 rings (SSSR count). The highest BCUT2D eigenvalue weighted by Gasteiger charge is 2.17. The van der Waals surface area contributed by atoms with Gasteiger partial charge in [-0.2, -0.15) is 0 Å². The number of carbonyl (C=O) groups is 2. The molecule has 1 aliphatic rings. The quantitative estimate of drug-likeness (QED) is 0.714. The lowest BCUT2D eigenvalue weighted by Crippen LogP contribution is -2.37. The van der Waals surface area contributed by atoms with Crippen molar-refractivity contribution in [1.29, 1.82) is 0 Å². The number of imidazole rings is 1. The van der Waals surface area contributed by atoms with Gasteiger partial charge in [-0.25, -0.2) is 4.79 Å². The summed E-state index contributed by atoms with van der Waals surface area (Å²) in [6, 6.07) is 7.54. The Balaban J connectivity index is 1.55. The maximum absolute atomic E-state index is 12.6. The average molecular weight is 387 g/mol. The van der Waals surface area contributed by atoms with Crippen LogP contribution in [0, 0.1) is 0 Å². The van der Waals surface area contributed by atoms with Gasteiger partial charge in [-0.1, -0.05) is 31.4 Å². The van der Waals surface area contributed by atoms with Crippen molar-refractivity contribution < 1.29 is 14.3 Å². The van der Waals surface area contributed by atoms with Gasteiger partial charge in [0.05, 0.1) is 17.5 Å². The SMILES string of the molecule is CCn1c(=O)n(CCC(=O)OCC(=O)N2CCCCCCC2)c2ccccc21. The van der Waals surface area contributed by atoms with Crippen LogP contribution < -0.4 is 5.69 Å². The summed E-state index contributed by atoms with van der Waals surface area (Å²) < 4.78 is 8.47. The third kappa shape index (κ3) is 4.64. The molecule has 0 N–H and O–H groups in total. The zero-order chi connectivity index (χ0) is 19.9. The molecule has 1 fully saturated rings. The highest BCUT2D eigenvalue weighted by atomic mass is 16.5. The van der Waals surface area contributed by atoms with E-state index < -0.39 is 5.97 Å². The normalized spacial score (nSPS) is 15.2. The highest BCUT2D eigenvalue weighted by Crippen LogP contribution is 2.13. The van der Waals surface area contributed by atoms with Crippen molar-refractivity contribution in [3.8, 4) is 0 Å². The summed E-state index contributed by atoms with van der Waals surface area (Å²) in [4.78, 5) is 38.8. The zero-order valence-corrected chi connectivity index (χ0v) is 16.6. The lowest BCUT2D eigenvalue weighted by atomic mass is 10.1. The molecule has 0 aliphatic carbocycles. The van der Waals surface area contributed by atoms with Crippen molar-refractivity contribution >= 4 is 22.9 Å². The predicted molar refractivity (Wildman–Crippen MR) is 107 cm³/mol. The first-order chi connectivity index (χ1) is 13.6. The first-order valence-electron chi connectivity index (χ1n) is 10.2. The van der Waals surface area contributed by atoms with Gasteiger partial charge in [0.15, 0.2) is 6.61 Å². The van der Waals surface area contributed by atoms with Crippen molar-refractivity contribution in [2.24, 2.45) is 0 Å². The number of nitrogens with zero attached hydrogens (tertiary/aromatic N) is 3. The Morgan fingerprint density at radius 2 is 1.57 bits per heavy atom. The fourth-order valence-corrected chi connectivity index (χ4v) is 3.80. The number of aryl methyl sites for hydroxylation is 2. The van der Waals surface area contributed by atoms with Gasteiger partial charge in [-0.3, -0.25) is 18.7 Å². The maximum Gasteiger partial charge on any atom is 0.329 e. The molecule has 1 aliphatic heterocycles. The van der Waals surface area contributed by atoms with E-state index in [0.717, 1.165) is 49.8 Å². The van der Waals surface area contributed by atoms with E-state index in [4.69, 9.17) is 4.74 Å². The van der Waals surface area contributed by atoms with Crippen LogP contribution in [0.2, 0.25) is 0 Å². The van der Waals surface area contributed by atoms with Gasteiger partial charge in [-0.05, 0) is 31.9 Å². The number of amides is 1. The van der Waals surface area contributed by atoms with Crippen LogP contribution in [-0.4, -0.2) is 45.6 Å². The maximum atomic E-state index is 12.6. The number of likely N-dealkylation sites (tertiary alicyclic amines) is 1. The predicted octanol–water partition coefficient (Wildman–Crippen LogP) is 2.55. The van der Waals surface area contributed by atoms with E-state index in [1.165, 1.54) is 6.42 Å². The number of fused-ring (bicyclic) bond motifs is 1. The smallest absolute Gasteiger partial charge is 0.329 e. The molecule has 0 saturated carbocycles. The van der Waals surface area contributed by atoms with Gasteiger partial charge in [0.2, 0.25) is 0 Å². The molecule has 0 radical (unpaired) electrons. The molecule has 2 heterocycles. The van der Waals surface area contributed by atoms with E-state index in [1.54, 1.807) is 14.0 Å². The molecule has 28 heavy (non-hydrogen) atoms. The van der Waals surface area contributed by atoms with Crippen LogP contribution in [0.1, 0.15) is 45.4 Å². The Kier molecular flexibility index (Phi) is 6.90. The standard InChI is InChI=1S/C21H29N3O4/c1-2-23-17-10-6-7-11-18(17)24(21(23)27)15-12-20(26)28-16-19(25)22-13-8-4-3-5-9-14-22/h6-7,10-11H,2-5,8-9,12-16H2,1H3. The molecule has 2 aromatic rings. The molecule has 1 aromatic carbocycles. The van der Waals surface area contributed by atoms with Gasteiger partial charge < -0.3 is 9.64 Å². The number of aromatic nitrogens is 2. The van der Waals surface area contributed by atoms with Gasteiger partial charge in [0.1, 0.15) is 0 Å². The molecule has 152 valence electrons. The first-order valence-corrected chi connectivity index (χ1v) is 10.2. The van der Waals surface area contributed by atoms with E-state index in [1.807, 2.05) is 31.2 Å². The van der Waals surface area contributed by atoms with Gasteiger partial charge in [0, 0.05) is 26.2 Å². The number of benzene rings is 1. The highest BCUT2D eigenvalue weighted by molar-refractivity contribution is 5.81. The summed E-state index contributed by atoms with van der Waals surface area (Å²) in [6.45, 7) is 3.99. The molecule has 1 aromatic heterocycles. The second-order valence-electron chi connectivity index (χ2n) is 7.23. The monoisotopic (exact) mass is 387 g/mol. The Hall–Kier alpha value is -2.57. The lowest BCUT2D eigenvalue weighted by molar-refractivity contribution is -0.152. The Morgan fingerprint density at radius 1 is 0.964 bits per heavy atom. The van der Waals surface area contributed by atoms with Crippen molar-refractivity contribution in [2.45, 2.75) is 58.5 Å². The number of carbonyl (C=O) groups excluding carboxylic acids is 2. The molecular weight excluding hydrogens is 358 g/mol. The molecule has 0 atom stereocenters. The van der Waals surface area contributed by atoms with Gasteiger partial charge in [-0.15, -0.1) is 0 Å². The van der Waals surface area contributed by atoms with Crippen LogP contribution in [0.3, 0.4) is 0 Å². The number of esters is 1. The van der Waals surface area contributed by atoms with E-state index in [2.05, 4.69) is 0 Å². The molecular formula is C21H29N3O4. The van der Waals surface area contributed by atoms with Crippen LogP contribution in [0.5, 0.6) is 0 Å². The number of ether oxygens (including phenoxy) is 1. The fraction of sp³-hybridized carbons (Fsp3) is 0.571. The second kappa shape index (κ2) is 9.57. The Labute approximate surface area is 164 Å². The minimum atomic E-state index is -0.458. The molecule has 0 spiro atoms.